The molecule has 2 unspecified atom stereocenters. The van der Waals surface area contributed by atoms with E-state index in [4.69, 9.17) is 19.8 Å². The van der Waals surface area contributed by atoms with Gasteiger partial charge in [-0.25, -0.2) is 14.7 Å². The molecule has 0 radical (unpaired) electrons. The summed E-state index contributed by atoms with van der Waals surface area (Å²) in [5, 5.41) is 10.9. The Hall–Kier alpha value is -4.56. The van der Waals surface area contributed by atoms with Crippen LogP contribution in [0.4, 0.5) is 0 Å². The third-order valence-corrected chi connectivity index (χ3v) is 8.97. The molecule has 2 N–H and O–H groups in total. The van der Waals surface area contributed by atoms with Crippen molar-refractivity contribution in [3.8, 4) is 11.1 Å². The van der Waals surface area contributed by atoms with Gasteiger partial charge in [-0.3, -0.25) is 4.98 Å². The van der Waals surface area contributed by atoms with Gasteiger partial charge in [0.25, 0.3) is 0 Å². The van der Waals surface area contributed by atoms with Gasteiger partial charge < -0.3 is 15.0 Å². The average Bonchev–Trinajstić information content (AvgIpc) is 3.72. The summed E-state index contributed by atoms with van der Waals surface area (Å²) in [6.45, 7) is 8.08. The molecule has 210 valence electrons. The van der Waals surface area contributed by atoms with E-state index < -0.39 is 5.66 Å². The van der Waals surface area contributed by atoms with Crippen LogP contribution in [0.15, 0.2) is 101 Å². The fourth-order valence-electron chi connectivity index (χ4n) is 6.69. The van der Waals surface area contributed by atoms with Crippen molar-refractivity contribution >= 4 is 23.6 Å². The quantitative estimate of drug-likeness (QED) is 0.516. The van der Waals surface area contributed by atoms with Crippen LogP contribution in [-0.4, -0.2) is 49.9 Å². The number of aliphatic imine (C=N–C) groups is 2. The summed E-state index contributed by atoms with van der Waals surface area (Å²) in [5.74, 6) is 0.352. The first-order valence-corrected chi connectivity index (χ1v) is 14.5. The summed E-state index contributed by atoms with van der Waals surface area (Å²) in [4.78, 5) is 18.1. The lowest BCUT2D eigenvalue weighted by molar-refractivity contribution is -0.0646. The van der Waals surface area contributed by atoms with Crippen LogP contribution in [0, 0.1) is 18.3 Å². The first-order chi connectivity index (χ1) is 20.3. The van der Waals surface area contributed by atoms with Gasteiger partial charge in [0.15, 0.2) is 5.66 Å². The van der Waals surface area contributed by atoms with E-state index in [-0.39, 0.29) is 11.0 Å². The summed E-state index contributed by atoms with van der Waals surface area (Å²) in [7, 11) is 0. The third kappa shape index (κ3) is 4.17. The second-order valence-corrected chi connectivity index (χ2v) is 12.6. The van der Waals surface area contributed by atoms with Crippen molar-refractivity contribution in [2.75, 3.05) is 13.2 Å². The molecular weight excluding hydrogens is 522 g/mol. The Labute approximate surface area is 244 Å². The number of pyridine rings is 1. The normalized spacial score (nSPS) is 27.3. The Morgan fingerprint density at radius 3 is 2.60 bits per heavy atom. The van der Waals surface area contributed by atoms with Crippen LogP contribution < -0.4 is 16.0 Å². The van der Waals surface area contributed by atoms with Crippen molar-refractivity contribution in [3.05, 3.63) is 107 Å². The fourth-order valence-corrected chi connectivity index (χ4v) is 6.69. The molecule has 8 nitrogen and oxygen atoms in total. The number of allylic oxidation sites excluding steroid dienone is 4. The number of aromatic amines is 1. The lowest BCUT2D eigenvalue weighted by Gasteiger charge is -2.41. The summed E-state index contributed by atoms with van der Waals surface area (Å²) >= 11 is 0. The standard InChI is InChI=1S/C34H33N7O/c1-22-12-23(9-11-35-22)24-17-36-41(18-24)34-10-8-29(39-34)14-28-5-4-26(37-28)13-27-6-7-30(38-27)15-33(25-19-42-20-25)21-32(2,3)31(16-34)40-33/h4-18,25,37,40H,19-21H2,1-3H3. The van der Waals surface area contributed by atoms with Gasteiger partial charge in [-0.2, -0.15) is 5.10 Å². The molecule has 8 heterocycles. The Morgan fingerprint density at radius 1 is 0.976 bits per heavy atom. The van der Waals surface area contributed by atoms with E-state index in [2.05, 4.69) is 102 Å². The van der Waals surface area contributed by atoms with Crippen molar-refractivity contribution < 1.29 is 4.74 Å². The van der Waals surface area contributed by atoms with E-state index in [1.807, 2.05) is 30.1 Å². The lowest BCUT2D eigenvalue weighted by atomic mass is 9.74. The third-order valence-electron chi connectivity index (χ3n) is 8.97. The van der Waals surface area contributed by atoms with Gasteiger partial charge in [0.1, 0.15) is 0 Å². The molecule has 3 aromatic heterocycles. The van der Waals surface area contributed by atoms with Crippen LogP contribution in [0.5, 0.6) is 0 Å². The van der Waals surface area contributed by atoms with Crippen molar-refractivity contribution in [1.29, 1.82) is 0 Å². The summed E-state index contributed by atoms with van der Waals surface area (Å²) in [6, 6.07) is 8.25. The van der Waals surface area contributed by atoms with E-state index in [0.717, 1.165) is 70.0 Å². The maximum absolute atomic E-state index is 5.72. The SMILES string of the molecule is Cc1cc(-c2cnn(C34C=CC(=N3)C=c3ccc([nH]3)=CC3=NC(=CC5(C6COC6)CC(C)(C)C(=C4)N5)C=C3)c2)ccn1. The molecule has 0 aromatic carbocycles. The summed E-state index contributed by atoms with van der Waals surface area (Å²) in [6.07, 6.45) is 23.9. The predicted molar refractivity (Wildman–Crippen MR) is 165 cm³/mol. The zero-order valence-electron chi connectivity index (χ0n) is 24.0. The van der Waals surface area contributed by atoms with E-state index in [9.17, 15) is 0 Å². The highest BCUT2D eigenvalue weighted by atomic mass is 16.5. The molecule has 42 heavy (non-hydrogen) atoms. The van der Waals surface area contributed by atoms with Gasteiger partial charge in [0.05, 0.1) is 42.1 Å². The van der Waals surface area contributed by atoms with Gasteiger partial charge in [-0.1, -0.05) is 13.8 Å². The molecule has 8 heteroatoms. The molecule has 2 fully saturated rings. The molecule has 3 aromatic rings. The Morgan fingerprint density at radius 2 is 1.81 bits per heavy atom. The molecular formula is C34H33N7O. The maximum Gasteiger partial charge on any atom is 0.192 e. The number of rotatable bonds is 3. The molecule has 0 spiro atoms. The second kappa shape index (κ2) is 8.97. The maximum atomic E-state index is 5.72. The van der Waals surface area contributed by atoms with E-state index in [0.29, 0.717) is 5.92 Å². The highest BCUT2D eigenvalue weighted by molar-refractivity contribution is 6.19. The van der Waals surface area contributed by atoms with Gasteiger partial charge in [0.2, 0.25) is 0 Å². The van der Waals surface area contributed by atoms with E-state index in [1.54, 1.807) is 0 Å². The molecule has 8 bridgehead atoms. The Balaban J connectivity index is 1.33. The van der Waals surface area contributed by atoms with Crippen LogP contribution in [0.2, 0.25) is 0 Å². The van der Waals surface area contributed by atoms with Crippen molar-refractivity contribution in [3.63, 3.8) is 0 Å². The molecule has 5 aliphatic heterocycles. The van der Waals surface area contributed by atoms with Crippen LogP contribution in [-0.2, 0) is 10.4 Å². The number of aromatic nitrogens is 4. The van der Waals surface area contributed by atoms with Crippen molar-refractivity contribution in [1.82, 2.24) is 25.1 Å². The Kier molecular flexibility index (Phi) is 5.37. The number of fused-ring (bicyclic) bond motifs is 6. The fraction of sp³-hybridized carbons (Fsp3) is 0.294. The highest BCUT2D eigenvalue weighted by Gasteiger charge is 2.52. The molecule has 0 amide bonds. The second-order valence-electron chi connectivity index (χ2n) is 12.6. The van der Waals surface area contributed by atoms with Crippen LogP contribution in [0.3, 0.4) is 0 Å². The minimum Gasteiger partial charge on any atom is -0.380 e. The molecule has 8 rings (SSSR count). The van der Waals surface area contributed by atoms with E-state index >= 15 is 0 Å². The lowest BCUT2D eigenvalue weighted by Crippen LogP contribution is -2.53. The average molecular weight is 556 g/mol. The number of hydrogen-bond donors (Lipinski definition) is 2. The molecule has 0 aliphatic carbocycles. The number of ether oxygens (including phenoxy) is 1. The molecule has 0 saturated carbocycles. The monoisotopic (exact) mass is 555 g/mol. The van der Waals surface area contributed by atoms with Gasteiger partial charge >= 0.3 is 0 Å². The number of H-pyrrole nitrogens is 1. The van der Waals surface area contributed by atoms with Gasteiger partial charge in [-0.15, -0.1) is 0 Å². The predicted octanol–water partition coefficient (Wildman–Crippen LogP) is 3.70. The number of hydrogen-bond acceptors (Lipinski definition) is 6. The smallest absolute Gasteiger partial charge is 0.192 e. The summed E-state index contributed by atoms with van der Waals surface area (Å²) in [5.41, 5.74) is 5.75. The first-order valence-electron chi connectivity index (χ1n) is 14.5. The molecule has 2 saturated heterocycles. The first kappa shape index (κ1) is 25.2. The van der Waals surface area contributed by atoms with Gasteiger partial charge in [-0.05, 0) is 91.8 Å². The Bertz CT molecular complexity index is 1930. The minimum absolute atomic E-state index is 0.142. The molecule has 5 aliphatic rings. The number of aryl methyl sites for hydroxylation is 1. The highest BCUT2D eigenvalue weighted by Crippen LogP contribution is 2.49. The van der Waals surface area contributed by atoms with E-state index in [1.165, 1.54) is 0 Å². The van der Waals surface area contributed by atoms with Crippen molar-refractivity contribution in [2.45, 2.75) is 38.4 Å². The topological polar surface area (TPSA) is 92.5 Å². The van der Waals surface area contributed by atoms with Crippen LogP contribution >= 0.6 is 0 Å². The zero-order chi connectivity index (χ0) is 28.5. The minimum atomic E-state index is -0.831. The zero-order valence-corrected chi connectivity index (χ0v) is 24.0. The van der Waals surface area contributed by atoms with Crippen LogP contribution in [0.1, 0.15) is 26.0 Å². The number of nitrogens with one attached hydrogen (secondary N) is 2. The van der Waals surface area contributed by atoms with Crippen molar-refractivity contribution in [2.24, 2.45) is 21.3 Å². The molecule has 2 atom stereocenters. The largest absolute Gasteiger partial charge is 0.380 e. The van der Waals surface area contributed by atoms with Gasteiger partial charge in [0, 0.05) is 51.4 Å². The number of nitrogens with zero attached hydrogens (tertiary/aromatic N) is 5. The van der Waals surface area contributed by atoms with Crippen LogP contribution in [0.25, 0.3) is 23.3 Å². The summed E-state index contributed by atoms with van der Waals surface area (Å²) < 4.78 is 7.69.